The SMILES string of the molecule is CN1C=C(Cc2cnc(OC(F)F)c(-c3cccc(Cl)c3)c2)C=NC1. The van der Waals surface area contributed by atoms with E-state index in [4.69, 9.17) is 11.6 Å². The first-order valence-corrected chi connectivity index (χ1v) is 7.99. The van der Waals surface area contributed by atoms with E-state index >= 15 is 0 Å². The van der Waals surface area contributed by atoms with E-state index in [0.717, 1.165) is 11.1 Å². The van der Waals surface area contributed by atoms with Gasteiger partial charge in [-0.2, -0.15) is 8.78 Å². The molecule has 0 radical (unpaired) electrons. The van der Waals surface area contributed by atoms with Crippen LogP contribution in [0.15, 0.2) is 53.3 Å². The third-order valence-electron chi connectivity index (χ3n) is 3.60. The summed E-state index contributed by atoms with van der Waals surface area (Å²) in [5.74, 6) is -0.121. The number of alkyl halides is 2. The Balaban J connectivity index is 1.96. The quantitative estimate of drug-likeness (QED) is 0.790. The molecule has 1 aliphatic rings. The number of hydrogen-bond acceptors (Lipinski definition) is 4. The minimum absolute atomic E-state index is 0.121. The van der Waals surface area contributed by atoms with Gasteiger partial charge in [0.1, 0.15) is 6.67 Å². The van der Waals surface area contributed by atoms with Crippen LogP contribution in [0.3, 0.4) is 0 Å². The lowest BCUT2D eigenvalue weighted by Gasteiger charge is -2.17. The highest BCUT2D eigenvalue weighted by atomic mass is 35.5. The number of benzene rings is 1. The Morgan fingerprint density at radius 3 is 2.88 bits per heavy atom. The molecule has 0 aliphatic carbocycles. The number of aliphatic imine (C=N–C) groups is 1. The molecule has 7 heteroatoms. The molecule has 0 atom stereocenters. The third-order valence-corrected chi connectivity index (χ3v) is 3.84. The maximum absolute atomic E-state index is 12.7. The van der Waals surface area contributed by atoms with Crippen LogP contribution in [0.2, 0.25) is 5.02 Å². The van der Waals surface area contributed by atoms with Gasteiger partial charge in [-0.25, -0.2) is 4.98 Å². The van der Waals surface area contributed by atoms with E-state index in [1.54, 1.807) is 30.3 Å². The minimum atomic E-state index is -2.95. The van der Waals surface area contributed by atoms with Crippen molar-refractivity contribution in [2.45, 2.75) is 13.0 Å². The third kappa shape index (κ3) is 4.54. The van der Waals surface area contributed by atoms with E-state index < -0.39 is 6.61 Å². The van der Waals surface area contributed by atoms with Gasteiger partial charge in [-0.05, 0) is 34.9 Å². The second-order valence-electron chi connectivity index (χ2n) is 5.68. The predicted molar refractivity (Wildman–Crippen MR) is 94.2 cm³/mol. The van der Waals surface area contributed by atoms with Gasteiger partial charge in [0.15, 0.2) is 0 Å². The first kappa shape index (κ1) is 17.4. The molecule has 0 N–H and O–H groups in total. The Morgan fingerprint density at radius 1 is 1.32 bits per heavy atom. The monoisotopic (exact) mass is 363 g/mol. The van der Waals surface area contributed by atoms with Crippen LogP contribution in [0.1, 0.15) is 5.56 Å². The van der Waals surface area contributed by atoms with Crippen LogP contribution in [0.5, 0.6) is 5.88 Å². The van der Waals surface area contributed by atoms with Gasteiger partial charge in [-0.1, -0.05) is 23.7 Å². The van der Waals surface area contributed by atoms with E-state index in [1.165, 1.54) is 6.20 Å². The van der Waals surface area contributed by atoms with Gasteiger partial charge >= 0.3 is 6.61 Å². The van der Waals surface area contributed by atoms with E-state index in [2.05, 4.69) is 14.7 Å². The Hall–Kier alpha value is -2.47. The average molecular weight is 364 g/mol. The molecule has 0 unspecified atom stereocenters. The zero-order chi connectivity index (χ0) is 17.8. The highest BCUT2D eigenvalue weighted by Crippen LogP contribution is 2.32. The molecule has 0 bridgehead atoms. The number of aromatic nitrogens is 1. The molecule has 3 rings (SSSR count). The van der Waals surface area contributed by atoms with Crippen molar-refractivity contribution >= 4 is 17.8 Å². The molecular formula is C18H16ClF2N3O. The fraction of sp³-hybridized carbons (Fsp3) is 0.222. The predicted octanol–water partition coefficient (Wildman–Crippen LogP) is 4.40. The van der Waals surface area contributed by atoms with Crippen LogP contribution in [0, 0.1) is 0 Å². The van der Waals surface area contributed by atoms with Crippen molar-refractivity contribution in [2.24, 2.45) is 4.99 Å². The maximum atomic E-state index is 12.7. The Kier molecular flexibility index (Phi) is 5.28. The molecule has 1 aliphatic heterocycles. The summed E-state index contributed by atoms with van der Waals surface area (Å²) < 4.78 is 29.9. The zero-order valence-corrected chi connectivity index (χ0v) is 14.3. The van der Waals surface area contributed by atoms with Gasteiger partial charge in [0, 0.05) is 42.7 Å². The maximum Gasteiger partial charge on any atom is 0.388 e. The first-order valence-electron chi connectivity index (χ1n) is 7.61. The van der Waals surface area contributed by atoms with E-state index in [0.29, 0.717) is 29.2 Å². The summed E-state index contributed by atoms with van der Waals surface area (Å²) in [5, 5.41) is 0.509. The molecule has 0 spiro atoms. The second kappa shape index (κ2) is 7.61. The summed E-state index contributed by atoms with van der Waals surface area (Å²) in [4.78, 5) is 10.3. The Bertz CT molecular complexity index is 824. The average Bonchev–Trinajstić information content (AvgIpc) is 2.56. The normalized spacial score (nSPS) is 14.0. The van der Waals surface area contributed by atoms with Crippen LogP contribution in [0.4, 0.5) is 8.78 Å². The van der Waals surface area contributed by atoms with Crippen molar-refractivity contribution < 1.29 is 13.5 Å². The standard InChI is InChI=1S/C18H16ClF2N3O/c1-24-10-13(8-22-11-24)5-12-6-16(14-3-2-4-15(19)7-14)17(23-9-12)25-18(20)21/h2-4,6-10,18H,5,11H2,1H3. The minimum Gasteiger partial charge on any atom is -0.416 e. The second-order valence-corrected chi connectivity index (χ2v) is 6.11. The molecule has 2 heterocycles. The highest BCUT2D eigenvalue weighted by Gasteiger charge is 2.15. The largest absolute Gasteiger partial charge is 0.416 e. The van der Waals surface area contributed by atoms with Gasteiger partial charge in [0.2, 0.25) is 5.88 Å². The lowest BCUT2D eigenvalue weighted by molar-refractivity contribution is -0.0524. The number of pyridine rings is 1. The zero-order valence-electron chi connectivity index (χ0n) is 13.5. The molecule has 4 nitrogen and oxygen atoms in total. The van der Waals surface area contributed by atoms with Gasteiger partial charge < -0.3 is 9.64 Å². The van der Waals surface area contributed by atoms with Gasteiger partial charge in [0.25, 0.3) is 0 Å². The number of hydrogen-bond donors (Lipinski definition) is 0. The van der Waals surface area contributed by atoms with Gasteiger partial charge in [-0.15, -0.1) is 0 Å². The van der Waals surface area contributed by atoms with E-state index in [9.17, 15) is 8.78 Å². The number of halogens is 3. The van der Waals surface area contributed by atoms with Crippen LogP contribution in [0.25, 0.3) is 11.1 Å². The summed E-state index contributed by atoms with van der Waals surface area (Å²) in [6.45, 7) is -2.32. The summed E-state index contributed by atoms with van der Waals surface area (Å²) >= 11 is 6.02. The molecule has 25 heavy (non-hydrogen) atoms. The number of allylic oxidation sites excluding steroid dienone is 1. The Morgan fingerprint density at radius 2 is 2.16 bits per heavy atom. The molecule has 0 amide bonds. The van der Waals surface area contributed by atoms with Crippen LogP contribution in [-0.2, 0) is 6.42 Å². The number of ether oxygens (including phenoxy) is 1. The van der Waals surface area contributed by atoms with Crippen molar-refractivity contribution in [3.63, 3.8) is 0 Å². The van der Waals surface area contributed by atoms with Crippen LogP contribution < -0.4 is 4.74 Å². The van der Waals surface area contributed by atoms with E-state index in [-0.39, 0.29) is 5.88 Å². The van der Waals surface area contributed by atoms with E-state index in [1.807, 2.05) is 24.4 Å². The highest BCUT2D eigenvalue weighted by molar-refractivity contribution is 6.30. The fourth-order valence-electron chi connectivity index (χ4n) is 2.60. The number of nitrogens with zero attached hydrogens (tertiary/aromatic N) is 3. The van der Waals surface area contributed by atoms with Gasteiger partial charge in [-0.3, -0.25) is 4.99 Å². The lowest BCUT2D eigenvalue weighted by Crippen LogP contribution is -2.16. The van der Waals surface area contributed by atoms with Crippen molar-refractivity contribution in [3.8, 4) is 17.0 Å². The van der Waals surface area contributed by atoms with Crippen molar-refractivity contribution in [2.75, 3.05) is 13.7 Å². The molecular weight excluding hydrogens is 348 g/mol. The summed E-state index contributed by atoms with van der Waals surface area (Å²) in [7, 11) is 1.94. The number of rotatable bonds is 5. The summed E-state index contributed by atoms with van der Waals surface area (Å²) in [5.41, 5.74) is 3.02. The van der Waals surface area contributed by atoms with Crippen molar-refractivity contribution in [1.82, 2.24) is 9.88 Å². The smallest absolute Gasteiger partial charge is 0.388 e. The van der Waals surface area contributed by atoms with Crippen molar-refractivity contribution in [3.05, 3.63) is 58.9 Å². The first-order chi connectivity index (χ1) is 12.0. The van der Waals surface area contributed by atoms with Crippen LogP contribution in [-0.4, -0.2) is 36.4 Å². The van der Waals surface area contributed by atoms with Gasteiger partial charge in [0.05, 0.1) is 0 Å². The molecule has 2 aromatic rings. The summed E-state index contributed by atoms with van der Waals surface area (Å²) in [6.07, 6.45) is 5.93. The fourth-order valence-corrected chi connectivity index (χ4v) is 2.79. The molecule has 1 aromatic carbocycles. The molecule has 0 fully saturated rings. The Labute approximate surface area is 149 Å². The lowest BCUT2D eigenvalue weighted by atomic mass is 10.0. The summed E-state index contributed by atoms with van der Waals surface area (Å²) in [6, 6.07) is 8.73. The van der Waals surface area contributed by atoms with Crippen molar-refractivity contribution in [1.29, 1.82) is 0 Å². The molecule has 130 valence electrons. The molecule has 0 saturated carbocycles. The molecule has 0 saturated heterocycles. The molecule has 1 aromatic heterocycles. The topological polar surface area (TPSA) is 37.7 Å². The van der Waals surface area contributed by atoms with Crippen LogP contribution >= 0.6 is 11.6 Å².